The molecule has 0 saturated heterocycles. The zero-order chi connectivity index (χ0) is 91.5. The highest BCUT2D eigenvalue weighted by molar-refractivity contribution is 7.24. The predicted molar refractivity (Wildman–Crippen MR) is 574 cm³/mol. The largest absolute Gasteiger partial charge is 0.283 e. The Bertz CT molecular complexity index is 9890. The first kappa shape index (κ1) is 78.1. The molecule has 18 aromatic carbocycles. The van der Waals surface area contributed by atoms with E-state index in [1.54, 1.807) is 29.0 Å². The van der Waals surface area contributed by atoms with Crippen molar-refractivity contribution in [3.8, 4) is 257 Å². The van der Waals surface area contributed by atoms with Crippen molar-refractivity contribution in [3.63, 3.8) is 0 Å². The predicted octanol–water partition coefficient (Wildman–Crippen LogP) is 33.1. The normalized spacial score (nSPS) is 12.1. The molecule has 0 amide bonds. The fourth-order valence-electron chi connectivity index (χ4n) is 22.7. The van der Waals surface area contributed by atoms with Crippen LogP contribution in [0.5, 0.6) is 0 Å². The van der Waals surface area contributed by atoms with E-state index in [0.717, 1.165) is 276 Å². The van der Waals surface area contributed by atoms with Crippen LogP contribution in [-0.4, -0.2) is 53.7 Å². The molecular weight excluding hydrogens is 1740 g/mol. The molecule has 26 aromatic rings. The average Bonchev–Trinajstić information content (AvgIpc) is 1.14. The quantitative estimate of drug-likeness (QED) is 0.153. The SMILES string of the molecule is c1ccc2c(c1)-c1ccccc1-c1cc(-c3cccc4c3nc3sc5cc(-c6ccc7c(c6)-c6cc(-c8ncnc(-c9ccc%10c(c9)-c9ccccc9-c9ccccc9-c9ncccc9-%10)n8)ccc6-c6ccc(-c8cccc9c8nc8sc%10ccccc%10n89)cc6-c6ccccc6-7)ccc5n34)ccc1-c1ccc(-c3ccnc(-c4ccc5c(c4)-c4ccccc4-c4ccccc4-c4ncccc4-5)n3)cc1-2. The first-order valence-electron chi connectivity index (χ1n) is 47.1. The first-order chi connectivity index (χ1) is 69.4. The van der Waals surface area contributed by atoms with Crippen LogP contribution in [0.1, 0.15) is 0 Å². The van der Waals surface area contributed by atoms with Gasteiger partial charge in [-0.1, -0.05) is 332 Å². The molecule has 0 radical (unpaired) electrons. The molecule has 0 saturated carbocycles. The van der Waals surface area contributed by atoms with Crippen molar-refractivity contribution in [1.29, 1.82) is 0 Å². The number of fused-ring (bicyclic) bond motifs is 42. The average molecular weight is 1820 g/mol. The number of hydrogen-bond acceptors (Lipinski definition) is 11. The molecule has 30 rings (SSSR count). The molecule has 0 bridgehead atoms. The molecule has 8 aromatic heterocycles. The van der Waals surface area contributed by atoms with E-state index in [1.807, 2.05) is 36.8 Å². The maximum atomic E-state index is 5.65. The van der Waals surface area contributed by atoms with Crippen LogP contribution in [0.3, 0.4) is 0 Å². The van der Waals surface area contributed by atoms with Crippen LogP contribution in [0.4, 0.5) is 0 Å². The monoisotopic (exact) mass is 1810 g/mol. The van der Waals surface area contributed by atoms with Gasteiger partial charge in [0.15, 0.2) is 27.4 Å². The summed E-state index contributed by atoms with van der Waals surface area (Å²) in [5.74, 6) is 1.80. The third-order valence-electron chi connectivity index (χ3n) is 29.1. The third-order valence-corrected chi connectivity index (χ3v) is 31.1. The van der Waals surface area contributed by atoms with Crippen LogP contribution in [0.2, 0.25) is 0 Å². The standard InChI is InChI=1S/C127H71N11S2/c1-6-28-89-82(21-1)83-22-2-7-29-90(83)107-66-76(112-59-62-130-123(133-112)77-48-56-99-103-37-19-60-128-119(103)101-33-13-11-26-87(101)84-23-3-8-30-91(84)108(99)67-77)46-54-97(107)95-52-44-74(64-105(89)95)81-36-18-41-116-122(81)135-127-138(116)114-58-50-73(70-118(114)140-127)72-43-51-94-86-25-5-10-32-93(86)106-65-75(80-35-17-40-115-121(80)134-126-137(115)113-39-15-16-42-117(113)139-126)45-53-96(106)98-55-47-79(69-111(98)110(94)63-72)125-132-71-131-124(136-125)78-49-57-100-104-38-20-61-129-120(104)102-34-14-12-27-88(102)85-24-4-9-31-92(85)109(100)68-78/h1-71H. The Morgan fingerprint density at radius 1 is 0.164 bits per heavy atom. The minimum atomic E-state index is 0.568. The fourth-order valence-corrected chi connectivity index (χ4v) is 24.8. The van der Waals surface area contributed by atoms with Crippen LogP contribution in [0, 0.1) is 0 Å². The van der Waals surface area contributed by atoms with Crippen molar-refractivity contribution in [2.24, 2.45) is 0 Å². The molecular formula is C127H71N11S2. The molecule has 140 heavy (non-hydrogen) atoms. The summed E-state index contributed by atoms with van der Waals surface area (Å²) >= 11 is 3.45. The van der Waals surface area contributed by atoms with Crippen molar-refractivity contribution in [1.82, 2.24) is 53.7 Å². The van der Waals surface area contributed by atoms with E-state index in [1.165, 1.54) is 15.8 Å². The van der Waals surface area contributed by atoms with Crippen LogP contribution < -0.4 is 0 Å². The van der Waals surface area contributed by atoms with Gasteiger partial charge in [0.1, 0.15) is 6.33 Å². The summed E-state index contributed by atoms with van der Waals surface area (Å²) in [6.45, 7) is 0. The Balaban J connectivity index is 0.520. The van der Waals surface area contributed by atoms with Gasteiger partial charge in [0, 0.05) is 74.2 Å². The lowest BCUT2D eigenvalue weighted by Gasteiger charge is -2.25. The summed E-state index contributed by atoms with van der Waals surface area (Å²) in [5.41, 5.74) is 53.0. The van der Waals surface area contributed by atoms with Crippen LogP contribution >= 0.6 is 22.7 Å². The van der Waals surface area contributed by atoms with E-state index < -0.39 is 0 Å². The topological polar surface area (TPSA) is 125 Å². The van der Waals surface area contributed by atoms with Crippen molar-refractivity contribution in [2.45, 2.75) is 0 Å². The number of imidazole rings is 2. The van der Waals surface area contributed by atoms with Gasteiger partial charge in [-0.3, -0.25) is 18.8 Å². The number of thiazole rings is 2. The molecule has 646 valence electrons. The lowest BCUT2D eigenvalue weighted by molar-refractivity contribution is 1.07. The van der Waals surface area contributed by atoms with Gasteiger partial charge < -0.3 is 0 Å². The minimum Gasteiger partial charge on any atom is -0.283 e. The highest BCUT2D eigenvalue weighted by Gasteiger charge is 2.32. The Labute approximate surface area is 811 Å². The lowest BCUT2D eigenvalue weighted by atomic mass is 9.79. The molecule has 8 heterocycles. The number of benzene rings is 18. The molecule has 13 heteroatoms. The molecule has 4 aliphatic rings. The Morgan fingerprint density at radius 3 is 0.907 bits per heavy atom. The Morgan fingerprint density at radius 2 is 0.457 bits per heavy atom. The van der Waals surface area contributed by atoms with E-state index in [0.29, 0.717) is 17.5 Å². The van der Waals surface area contributed by atoms with Gasteiger partial charge >= 0.3 is 0 Å². The summed E-state index contributed by atoms with van der Waals surface area (Å²) < 4.78 is 7.02. The van der Waals surface area contributed by atoms with Crippen molar-refractivity contribution < 1.29 is 0 Å². The number of para-hydroxylation sites is 3. The van der Waals surface area contributed by atoms with Crippen molar-refractivity contribution in [3.05, 3.63) is 431 Å². The molecule has 4 aliphatic carbocycles. The minimum absolute atomic E-state index is 0.568. The van der Waals surface area contributed by atoms with Crippen molar-refractivity contribution >= 4 is 75.1 Å². The molecule has 0 atom stereocenters. The summed E-state index contributed by atoms with van der Waals surface area (Å²) in [5, 5.41) is 0. The van der Waals surface area contributed by atoms with Gasteiger partial charge in [0.25, 0.3) is 0 Å². The van der Waals surface area contributed by atoms with E-state index in [4.69, 9.17) is 44.9 Å². The zero-order valence-corrected chi connectivity index (χ0v) is 76.4. The molecule has 0 spiro atoms. The fraction of sp³-hybridized carbons (Fsp3) is 0. The van der Waals surface area contributed by atoms with Gasteiger partial charge in [-0.05, 0) is 264 Å². The second kappa shape index (κ2) is 30.6. The third kappa shape index (κ3) is 12.0. The van der Waals surface area contributed by atoms with Gasteiger partial charge in [-0.2, -0.15) is 0 Å². The van der Waals surface area contributed by atoms with Crippen LogP contribution in [0.15, 0.2) is 431 Å². The number of pyridine rings is 2. The summed E-state index contributed by atoms with van der Waals surface area (Å²) in [6, 6.07) is 149. The van der Waals surface area contributed by atoms with E-state index >= 15 is 0 Å². The highest BCUT2D eigenvalue weighted by atomic mass is 32.1. The molecule has 0 aliphatic heterocycles. The maximum absolute atomic E-state index is 5.65. The second-order valence-corrected chi connectivity index (χ2v) is 38.5. The highest BCUT2D eigenvalue weighted by Crippen LogP contribution is 2.57. The van der Waals surface area contributed by atoms with Crippen molar-refractivity contribution in [2.75, 3.05) is 0 Å². The number of rotatable bonds is 7. The summed E-state index contributed by atoms with van der Waals surface area (Å²) in [6.07, 6.45) is 7.35. The van der Waals surface area contributed by atoms with Crippen LogP contribution in [-0.2, 0) is 0 Å². The maximum Gasteiger partial charge on any atom is 0.195 e. The summed E-state index contributed by atoms with van der Waals surface area (Å²) in [7, 11) is 0. The number of hydrogen-bond donors (Lipinski definition) is 0. The molecule has 0 fully saturated rings. The number of aromatic nitrogens is 11. The van der Waals surface area contributed by atoms with Gasteiger partial charge in [-0.25, -0.2) is 34.9 Å². The number of nitrogens with zero attached hydrogens (tertiary/aromatic N) is 11. The Kier molecular flexibility index (Phi) is 17.1. The second-order valence-electron chi connectivity index (χ2n) is 36.5. The van der Waals surface area contributed by atoms with Gasteiger partial charge in [0.2, 0.25) is 0 Å². The molecule has 11 nitrogen and oxygen atoms in total. The van der Waals surface area contributed by atoms with E-state index in [2.05, 4.69) is 397 Å². The lowest BCUT2D eigenvalue weighted by Crippen LogP contribution is -2.01. The van der Waals surface area contributed by atoms with Crippen LogP contribution in [0.25, 0.3) is 310 Å². The van der Waals surface area contributed by atoms with E-state index in [-0.39, 0.29) is 0 Å². The Hall–Kier alpha value is -18.3. The summed E-state index contributed by atoms with van der Waals surface area (Å²) in [4.78, 5) is 48.9. The zero-order valence-electron chi connectivity index (χ0n) is 74.7. The molecule has 0 unspecified atom stereocenters. The first-order valence-corrected chi connectivity index (χ1v) is 48.8. The van der Waals surface area contributed by atoms with E-state index in [9.17, 15) is 0 Å². The van der Waals surface area contributed by atoms with Gasteiger partial charge in [-0.15, -0.1) is 0 Å². The van der Waals surface area contributed by atoms with Gasteiger partial charge in [0.05, 0.1) is 59.6 Å². The smallest absolute Gasteiger partial charge is 0.195 e. The molecule has 0 N–H and O–H groups in total.